The van der Waals surface area contributed by atoms with E-state index in [0.29, 0.717) is 25.2 Å². The zero-order chi connectivity index (χ0) is 20.9. The molecule has 2 heterocycles. The van der Waals surface area contributed by atoms with Crippen LogP contribution in [-0.4, -0.2) is 73.2 Å². The number of nitrogens with zero attached hydrogens (tertiary/aromatic N) is 2. The third-order valence-corrected chi connectivity index (χ3v) is 7.24. The van der Waals surface area contributed by atoms with E-state index in [2.05, 4.69) is 39.4 Å². The van der Waals surface area contributed by atoms with Crippen LogP contribution < -0.4 is 5.32 Å². The predicted molar refractivity (Wildman–Crippen MR) is 121 cm³/mol. The van der Waals surface area contributed by atoms with Crippen LogP contribution in [0.1, 0.15) is 50.7 Å². The van der Waals surface area contributed by atoms with E-state index in [1.54, 1.807) is 11.1 Å². The van der Waals surface area contributed by atoms with Gasteiger partial charge in [-0.2, -0.15) is 0 Å². The van der Waals surface area contributed by atoms with Gasteiger partial charge in [0, 0.05) is 25.2 Å². The van der Waals surface area contributed by atoms with Crippen LogP contribution in [0.3, 0.4) is 0 Å². The first-order valence-corrected chi connectivity index (χ1v) is 12.0. The Balaban J connectivity index is 1.20. The topological polar surface area (TPSA) is 44.8 Å². The van der Waals surface area contributed by atoms with E-state index >= 15 is 0 Å². The van der Waals surface area contributed by atoms with Gasteiger partial charge in [0.05, 0.1) is 18.6 Å². The molecule has 0 aromatic heterocycles. The van der Waals surface area contributed by atoms with Gasteiger partial charge in [0.15, 0.2) is 0 Å². The quantitative estimate of drug-likeness (QED) is 0.698. The lowest BCUT2D eigenvalue weighted by molar-refractivity contribution is -0.127. The Bertz CT molecular complexity index is 674. The number of ether oxygens (including phenoxy) is 1. The first-order chi connectivity index (χ1) is 14.6. The van der Waals surface area contributed by atoms with Crippen molar-refractivity contribution in [1.29, 1.82) is 0 Å². The first kappa shape index (κ1) is 21.8. The van der Waals surface area contributed by atoms with Gasteiger partial charge in [-0.1, -0.05) is 24.3 Å². The van der Waals surface area contributed by atoms with Crippen molar-refractivity contribution in [3.05, 3.63) is 35.4 Å². The molecule has 2 fully saturated rings. The summed E-state index contributed by atoms with van der Waals surface area (Å²) in [6, 6.07) is 10.3. The minimum atomic E-state index is 0.139. The maximum Gasteiger partial charge on any atom is 0.224 e. The Hall–Kier alpha value is -1.43. The zero-order valence-corrected chi connectivity index (χ0v) is 18.8. The fraction of sp³-hybridized carbons (Fsp3) is 0.720. The number of piperidine rings is 2. The maximum atomic E-state index is 12.6. The van der Waals surface area contributed by atoms with Gasteiger partial charge in [-0.05, 0) is 83.1 Å². The summed E-state index contributed by atoms with van der Waals surface area (Å²) in [4.78, 5) is 17.9. The number of carbonyl (C=O) groups is 1. The van der Waals surface area contributed by atoms with Crippen molar-refractivity contribution in [3.63, 3.8) is 0 Å². The fourth-order valence-corrected chi connectivity index (χ4v) is 5.58. The molecule has 5 nitrogen and oxygen atoms in total. The summed E-state index contributed by atoms with van der Waals surface area (Å²) < 4.78 is 5.54. The van der Waals surface area contributed by atoms with Gasteiger partial charge in [0.25, 0.3) is 0 Å². The molecule has 1 aliphatic carbocycles. The highest BCUT2D eigenvalue weighted by atomic mass is 16.5. The Morgan fingerprint density at radius 3 is 2.40 bits per heavy atom. The number of likely N-dealkylation sites (tertiary alicyclic amines) is 2. The van der Waals surface area contributed by atoms with E-state index in [0.717, 1.165) is 25.9 Å². The molecule has 1 aromatic carbocycles. The second-order valence-corrected chi connectivity index (χ2v) is 9.64. The first-order valence-electron chi connectivity index (χ1n) is 12.0. The molecule has 4 rings (SSSR count). The zero-order valence-electron chi connectivity index (χ0n) is 18.8. The third kappa shape index (κ3) is 5.43. The highest BCUT2D eigenvalue weighted by molar-refractivity contribution is 5.78. The molecule has 30 heavy (non-hydrogen) atoms. The average Bonchev–Trinajstić information content (AvgIpc) is 3.21. The molecule has 3 aliphatic rings. The molecular weight excluding hydrogens is 374 g/mol. The molecule has 5 heteroatoms. The molecule has 2 saturated heterocycles. The van der Waals surface area contributed by atoms with Crippen molar-refractivity contribution in [1.82, 2.24) is 15.1 Å². The molecule has 0 radical (unpaired) electrons. The molecule has 1 aromatic rings. The number of benzene rings is 1. The fourth-order valence-electron chi connectivity index (χ4n) is 5.58. The van der Waals surface area contributed by atoms with Gasteiger partial charge in [0.2, 0.25) is 5.91 Å². The SMILES string of the molecule is CC(C)OCCNC(=O)C1CCCN(C2CCN(C3Cc4ccccc4C3)CC2)C1. The van der Waals surface area contributed by atoms with E-state index in [4.69, 9.17) is 4.74 Å². The Morgan fingerprint density at radius 2 is 1.73 bits per heavy atom. The second-order valence-electron chi connectivity index (χ2n) is 9.64. The monoisotopic (exact) mass is 413 g/mol. The Kier molecular flexibility index (Phi) is 7.45. The Morgan fingerprint density at radius 1 is 1.03 bits per heavy atom. The minimum Gasteiger partial charge on any atom is -0.377 e. The highest BCUT2D eigenvalue weighted by Crippen LogP contribution is 2.29. The van der Waals surface area contributed by atoms with Crippen LogP contribution in [0, 0.1) is 5.92 Å². The molecule has 0 bridgehead atoms. The molecule has 0 saturated carbocycles. The summed E-state index contributed by atoms with van der Waals surface area (Å²) >= 11 is 0. The van der Waals surface area contributed by atoms with E-state index < -0.39 is 0 Å². The minimum absolute atomic E-state index is 0.139. The van der Waals surface area contributed by atoms with Crippen LogP contribution in [0.25, 0.3) is 0 Å². The van der Waals surface area contributed by atoms with Crippen molar-refractivity contribution < 1.29 is 9.53 Å². The van der Waals surface area contributed by atoms with Crippen molar-refractivity contribution in [2.45, 2.75) is 70.6 Å². The molecule has 1 amide bonds. The summed E-state index contributed by atoms with van der Waals surface area (Å²) in [7, 11) is 0. The standard InChI is InChI=1S/C25H39N3O2/c1-19(2)30-15-11-26-25(29)22-8-5-12-28(18-22)23-9-13-27(14-10-23)24-16-20-6-3-4-7-21(20)17-24/h3-4,6-7,19,22-24H,5,8-18H2,1-2H3,(H,26,29). The van der Waals surface area contributed by atoms with Crippen LogP contribution in [0.2, 0.25) is 0 Å². The van der Waals surface area contributed by atoms with Crippen LogP contribution in [0.15, 0.2) is 24.3 Å². The molecule has 1 atom stereocenters. The number of nitrogens with one attached hydrogen (secondary N) is 1. The number of rotatable bonds is 7. The van der Waals surface area contributed by atoms with Gasteiger partial charge in [-0.25, -0.2) is 0 Å². The molecule has 166 valence electrons. The van der Waals surface area contributed by atoms with Crippen LogP contribution >= 0.6 is 0 Å². The van der Waals surface area contributed by atoms with Gasteiger partial charge >= 0.3 is 0 Å². The molecular formula is C25H39N3O2. The predicted octanol–water partition coefficient (Wildman–Crippen LogP) is 2.87. The number of amides is 1. The normalized spacial score (nSPS) is 24.3. The third-order valence-electron chi connectivity index (χ3n) is 7.24. The van der Waals surface area contributed by atoms with Gasteiger partial charge in [-0.3, -0.25) is 14.6 Å². The molecule has 2 aliphatic heterocycles. The van der Waals surface area contributed by atoms with E-state index in [1.807, 2.05) is 13.8 Å². The lowest BCUT2D eigenvalue weighted by Crippen LogP contribution is -2.52. The van der Waals surface area contributed by atoms with Crippen LogP contribution in [0.4, 0.5) is 0 Å². The second kappa shape index (κ2) is 10.3. The average molecular weight is 414 g/mol. The van der Waals surface area contributed by atoms with Gasteiger partial charge in [-0.15, -0.1) is 0 Å². The van der Waals surface area contributed by atoms with E-state index in [-0.39, 0.29) is 17.9 Å². The van der Waals surface area contributed by atoms with Crippen molar-refractivity contribution in [2.24, 2.45) is 5.92 Å². The highest BCUT2D eigenvalue weighted by Gasteiger charge is 2.34. The number of carbonyl (C=O) groups excluding carboxylic acids is 1. The lowest BCUT2D eigenvalue weighted by atomic mass is 9.92. The number of hydrogen-bond donors (Lipinski definition) is 1. The van der Waals surface area contributed by atoms with Gasteiger partial charge in [0.1, 0.15) is 0 Å². The smallest absolute Gasteiger partial charge is 0.224 e. The summed E-state index contributed by atoms with van der Waals surface area (Å²) in [5.41, 5.74) is 3.10. The van der Waals surface area contributed by atoms with E-state index in [9.17, 15) is 4.79 Å². The molecule has 1 N–H and O–H groups in total. The number of hydrogen-bond acceptors (Lipinski definition) is 4. The summed E-state index contributed by atoms with van der Waals surface area (Å²) in [6.07, 6.45) is 7.29. The van der Waals surface area contributed by atoms with Gasteiger partial charge < -0.3 is 10.1 Å². The maximum absolute atomic E-state index is 12.6. The molecule has 0 spiro atoms. The summed E-state index contributed by atoms with van der Waals surface area (Å²) in [6.45, 7) is 9.75. The van der Waals surface area contributed by atoms with E-state index in [1.165, 1.54) is 38.8 Å². The lowest BCUT2D eigenvalue weighted by Gasteiger charge is -2.43. The van der Waals surface area contributed by atoms with Crippen LogP contribution in [-0.2, 0) is 22.4 Å². The van der Waals surface area contributed by atoms with Crippen molar-refractivity contribution >= 4 is 5.91 Å². The summed E-state index contributed by atoms with van der Waals surface area (Å²) in [5.74, 6) is 0.355. The Labute approximate surface area is 182 Å². The largest absolute Gasteiger partial charge is 0.377 e. The summed E-state index contributed by atoms with van der Waals surface area (Å²) in [5, 5.41) is 3.09. The van der Waals surface area contributed by atoms with Crippen molar-refractivity contribution in [2.75, 3.05) is 39.3 Å². The number of fused-ring (bicyclic) bond motifs is 1. The van der Waals surface area contributed by atoms with Crippen LogP contribution in [0.5, 0.6) is 0 Å². The van der Waals surface area contributed by atoms with Crippen molar-refractivity contribution in [3.8, 4) is 0 Å². The molecule has 1 unspecified atom stereocenters.